The highest BCUT2D eigenvalue weighted by Gasteiger charge is 2.24. The highest BCUT2D eigenvalue weighted by molar-refractivity contribution is 6.30. The predicted octanol–water partition coefficient (Wildman–Crippen LogP) is 5.92. The average molecular weight is 438 g/mol. The van der Waals surface area contributed by atoms with Crippen molar-refractivity contribution in [2.75, 3.05) is 10.6 Å². The Morgan fingerprint density at radius 3 is 2.13 bits per heavy atom. The third kappa shape index (κ3) is 6.76. The molecule has 3 amide bonds. The van der Waals surface area contributed by atoms with Crippen LogP contribution in [0.1, 0.15) is 13.8 Å². The van der Waals surface area contributed by atoms with Crippen molar-refractivity contribution in [3.05, 3.63) is 83.9 Å². The van der Waals surface area contributed by atoms with Crippen molar-refractivity contribution in [1.29, 1.82) is 0 Å². The van der Waals surface area contributed by atoms with Crippen LogP contribution in [0, 0.1) is 5.92 Å². The van der Waals surface area contributed by atoms with Gasteiger partial charge in [0, 0.05) is 16.4 Å². The first-order valence-electron chi connectivity index (χ1n) is 9.87. The standard InChI is InChI=1S/C24H24ClN3O3/c1-16(2)22(28-24(30)27-19-8-6-7-17(25)15-19)23(29)26-18-11-13-21(14-12-18)31-20-9-4-3-5-10-20/h3-16,22H,1-2H3,(H,26,29)(H2,27,28,30). The van der Waals surface area contributed by atoms with Crippen LogP contribution in [0.15, 0.2) is 78.9 Å². The predicted molar refractivity (Wildman–Crippen MR) is 124 cm³/mol. The molecule has 31 heavy (non-hydrogen) atoms. The van der Waals surface area contributed by atoms with Gasteiger partial charge in [-0.25, -0.2) is 4.79 Å². The Morgan fingerprint density at radius 1 is 0.806 bits per heavy atom. The molecule has 1 atom stereocenters. The molecule has 3 rings (SSSR count). The van der Waals surface area contributed by atoms with Crippen molar-refractivity contribution in [1.82, 2.24) is 5.32 Å². The summed E-state index contributed by atoms with van der Waals surface area (Å²) in [5, 5.41) is 8.75. The van der Waals surface area contributed by atoms with Gasteiger partial charge in [0.15, 0.2) is 0 Å². The van der Waals surface area contributed by atoms with Gasteiger partial charge < -0.3 is 20.7 Å². The highest BCUT2D eigenvalue weighted by Crippen LogP contribution is 2.23. The largest absolute Gasteiger partial charge is 0.457 e. The zero-order chi connectivity index (χ0) is 22.2. The summed E-state index contributed by atoms with van der Waals surface area (Å²) in [5.41, 5.74) is 1.15. The second-order valence-electron chi connectivity index (χ2n) is 7.26. The quantitative estimate of drug-likeness (QED) is 0.429. The summed E-state index contributed by atoms with van der Waals surface area (Å²) < 4.78 is 5.75. The maximum Gasteiger partial charge on any atom is 0.319 e. The molecule has 0 fully saturated rings. The fourth-order valence-electron chi connectivity index (χ4n) is 2.86. The minimum atomic E-state index is -0.723. The Balaban J connectivity index is 1.59. The molecule has 0 aliphatic heterocycles. The number of halogens is 1. The summed E-state index contributed by atoms with van der Waals surface area (Å²) >= 11 is 5.94. The number of rotatable bonds is 7. The topological polar surface area (TPSA) is 79.5 Å². The van der Waals surface area contributed by atoms with Gasteiger partial charge in [-0.3, -0.25) is 4.79 Å². The summed E-state index contributed by atoms with van der Waals surface area (Å²) in [6.45, 7) is 3.72. The molecule has 6 nitrogen and oxygen atoms in total. The second kappa shape index (κ2) is 10.5. The van der Waals surface area contributed by atoms with Gasteiger partial charge in [-0.1, -0.05) is 49.7 Å². The van der Waals surface area contributed by atoms with Crippen LogP contribution in [0.5, 0.6) is 11.5 Å². The lowest BCUT2D eigenvalue weighted by Crippen LogP contribution is -2.48. The van der Waals surface area contributed by atoms with E-state index in [2.05, 4.69) is 16.0 Å². The number of para-hydroxylation sites is 1. The molecule has 0 saturated heterocycles. The van der Waals surface area contributed by atoms with Crippen LogP contribution in [0.3, 0.4) is 0 Å². The third-order valence-electron chi connectivity index (χ3n) is 4.42. The normalized spacial score (nSPS) is 11.5. The molecular weight excluding hydrogens is 414 g/mol. The summed E-state index contributed by atoms with van der Waals surface area (Å²) in [7, 11) is 0. The molecule has 0 saturated carbocycles. The second-order valence-corrected chi connectivity index (χ2v) is 7.70. The molecule has 0 spiro atoms. The summed E-state index contributed by atoms with van der Waals surface area (Å²) in [6.07, 6.45) is 0. The van der Waals surface area contributed by atoms with Gasteiger partial charge >= 0.3 is 6.03 Å². The fourth-order valence-corrected chi connectivity index (χ4v) is 3.05. The van der Waals surface area contributed by atoms with Crippen LogP contribution in [-0.2, 0) is 4.79 Å². The first kappa shape index (κ1) is 22.2. The van der Waals surface area contributed by atoms with Crippen molar-refractivity contribution >= 4 is 34.9 Å². The number of benzene rings is 3. The van der Waals surface area contributed by atoms with Gasteiger partial charge in [-0.2, -0.15) is 0 Å². The van der Waals surface area contributed by atoms with Crippen molar-refractivity contribution in [3.63, 3.8) is 0 Å². The van der Waals surface area contributed by atoms with Crippen molar-refractivity contribution in [3.8, 4) is 11.5 Å². The van der Waals surface area contributed by atoms with Gasteiger partial charge in [-0.15, -0.1) is 0 Å². The van der Waals surface area contributed by atoms with E-state index in [1.54, 1.807) is 48.5 Å². The minimum Gasteiger partial charge on any atom is -0.457 e. The SMILES string of the molecule is CC(C)C(NC(=O)Nc1cccc(Cl)c1)C(=O)Nc1ccc(Oc2ccccc2)cc1. The average Bonchev–Trinajstić information content (AvgIpc) is 2.74. The molecule has 0 aliphatic rings. The van der Waals surface area contributed by atoms with E-state index in [-0.39, 0.29) is 11.8 Å². The van der Waals surface area contributed by atoms with E-state index < -0.39 is 12.1 Å². The van der Waals surface area contributed by atoms with Crippen molar-refractivity contribution < 1.29 is 14.3 Å². The molecule has 160 valence electrons. The Labute approximate surface area is 186 Å². The molecule has 0 heterocycles. The van der Waals surface area contributed by atoms with E-state index in [0.717, 1.165) is 5.75 Å². The third-order valence-corrected chi connectivity index (χ3v) is 4.65. The zero-order valence-corrected chi connectivity index (χ0v) is 18.0. The van der Waals surface area contributed by atoms with Crippen LogP contribution >= 0.6 is 11.6 Å². The molecule has 0 radical (unpaired) electrons. The van der Waals surface area contributed by atoms with Crippen molar-refractivity contribution in [2.45, 2.75) is 19.9 Å². The van der Waals surface area contributed by atoms with E-state index in [0.29, 0.717) is 22.1 Å². The Hall–Kier alpha value is -3.51. The van der Waals surface area contributed by atoms with Crippen LogP contribution in [0.25, 0.3) is 0 Å². The number of carbonyl (C=O) groups is 2. The van der Waals surface area contributed by atoms with Crippen LogP contribution in [0.2, 0.25) is 5.02 Å². The minimum absolute atomic E-state index is 0.120. The first-order valence-corrected chi connectivity index (χ1v) is 10.3. The fraction of sp³-hybridized carbons (Fsp3) is 0.167. The van der Waals surface area contributed by atoms with Gasteiger partial charge in [-0.05, 0) is 60.5 Å². The monoisotopic (exact) mass is 437 g/mol. The number of anilines is 2. The Kier molecular flexibility index (Phi) is 7.51. The summed E-state index contributed by atoms with van der Waals surface area (Å²) in [5.74, 6) is 0.955. The molecule has 3 N–H and O–H groups in total. The number of amides is 3. The number of urea groups is 1. The lowest BCUT2D eigenvalue weighted by Gasteiger charge is -2.22. The van der Waals surface area contributed by atoms with E-state index >= 15 is 0 Å². The lowest BCUT2D eigenvalue weighted by atomic mass is 10.0. The number of ether oxygens (including phenoxy) is 1. The summed E-state index contributed by atoms with van der Waals surface area (Å²) in [4.78, 5) is 25.1. The molecule has 0 bridgehead atoms. The van der Waals surface area contributed by atoms with Gasteiger partial charge in [0.05, 0.1) is 0 Å². The maximum absolute atomic E-state index is 12.8. The lowest BCUT2D eigenvalue weighted by molar-refractivity contribution is -0.118. The van der Waals surface area contributed by atoms with Crippen LogP contribution < -0.4 is 20.7 Å². The number of hydrogen-bond donors (Lipinski definition) is 3. The van der Waals surface area contributed by atoms with E-state index in [4.69, 9.17) is 16.3 Å². The highest BCUT2D eigenvalue weighted by atomic mass is 35.5. The molecule has 0 aliphatic carbocycles. The summed E-state index contributed by atoms with van der Waals surface area (Å²) in [6, 6.07) is 22.1. The van der Waals surface area contributed by atoms with E-state index in [1.807, 2.05) is 44.2 Å². The number of hydrogen-bond acceptors (Lipinski definition) is 3. The van der Waals surface area contributed by atoms with Crippen LogP contribution in [-0.4, -0.2) is 18.0 Å². The number of carbonyl (C=O) groups excluding carboxylic acids is 2. The van der Waals surface area contributed by atoms with Gasteiger partial charge in [0.1, 0.15) is 17.5 Å². The molecular formula is C24H24ClN3O3. The smallest absolute Gasteiger partial charge is 0.319 e. The van der Waals surface area contributed by atoms with E-state index in [9.17, 15) is 9.59 Å². The van der Waals surface area contributed by atoms with Gasteiger partial charge in [0.25, 0.3) is 0 Å². The molecule has 3 aromatic carbocycles. The molecule has 7 heteroatoms. The van der Waals surface area contributed by atoms with Crippen LogP contribution in [0.4, 0.5) is 16.2 Å². The Morgan fingerprint density at radius 2 is 1.48 bits per heavy atom. The Bertz CT molecular complexity index is 1020. The van der Waals surface area contributed by atoms with E-state index in [1.165, 1.54) is 0 Å². The molecule has 3 aromatic rings. The number of nitrogens with one attached hydrogen (secondary N) is 3. The maximum atomic E-state index is 12.8. The zero-order valence-electron chi connectivity index (χ0n) is 17.3. The first-order chi connectivity index (χ1) is 14.9. The molecule has 0 aromatic heterocycles. The van der Waals surface area contributed by atoms with Gasteiger partial charge in [0.2, 0.25) is 5.91 Å². The molecule has 1 unspecified atom stereocenters. The van der Waals surface area contributed by atoms with Crippen molar-refractivity contribution in [2.24, 2.45) is 5.92 Å².